The number of hydrogen-bond acceptors (Lipinski definition) is 2. The van der Waals surface area contributed by atoms with Gasteiger partial charge >= 0.3 is 0 Å². The number of guanidine groups is 1. The largest absolute Gasteiger partial charge is 0.377 e. The lowest BCUT2D eigenvalue weighted by molar-refractivity contribution is 0.0942. The van der Waals surface area contributed by atoms with Crippen molar-refractivity contribution in [1.82, 2.24) is 4.57 Å². The summed E-state index contributed by atoms with van der Waals surface area (Å²) in [5.74, 6) is -0.617. The number of methoxy groups -OCH3 is 1. The van der Waals surface area contributed by atoms with Crippen LogP contribution in [0, 0.1) is 0 Å². The Morgan fingerprint density at radius 1 is 1.43 bits per heavy atom. The van der Waals surface area contributed by atoms with E-state index in [1.807, 2.05) is 29.8 Å². The molecule has 1 amide bonds. The van der Waals surface area contributed by atoms with Crippen LogP contribution >= 0.6 is 0 Å². The molecule has 1 aromatic heterocycles. The van der Waals surface area contributed by atoms with Gasteiger partial charge in [-0.3, -0.25) is 4.79 Å². The van der Waals surface area contributed by atoms with Crippen LogP contribution in [0.4, 0.5) is 0 Å². The van der Waals surface area contributed by atoms with Gasteiger partial charge in [-0.15, -0.1) is 0 Å². The second kappa shape index (κ2) is 4.89. The first-order chi connectivity index (χ1) is 10.0. The second-order valence-electron chi connectivity index (χ2n) is 5.23. The number of amides is 1. The van der Waals surface area contributed by atoms with E-state index in [1.165, 1.54) is 0 Å². The van der Waals surface area contributed by atoms with Gasteiger partial charge in [0.2, 0.25) is 0 Å². The fraction of sp³-hybridized carbons (Fsp3) is 0.333. The van der Waals surface area contributed by atoms with Crippen molar-refractivity contribution < 1.29 is 9.53 Å². The van der Waals surface area contributed by atoms with E-state index in [1.54, 1.807) is 7.11 Å². The summed E-state index contributed by atoms with van der Waals surface area (Å²) in [6, 6.07) is 6.02. The molecular weight excluding hydrogens is 268 g/mol. The van der Waals surface area contributed by atoms with Gasteiger partial charge in [0.25, 0.3) is 5.91 Å². The molecule has 3 rings (SSSR count). The standard InChI is InChI=1S/C15H18N4O2/c1-19-10-5-3-4-8-11(21-2)7-6-9(12(8)10)13(19)14(20)18-15(16)17/h3-5,11H,6-7H2,1-2H3,(H4,16,17,18,20). The normalized spacial score (nSPS) is 17.0. The minimum atomic E-state index is -0.398. The molecule has 1 aromatic carbocycles. The van der Waals surface area contributed by atoms with Crippen LogP contribution in [0.25, 0.3) is 10.9 Å². The third kappa shape index (κ3) is 1.99. The molecule has 1 heterocycles. The summed E-state index contributed by atoms with van der Waals surface area (Å²) >= 11 is 0. The summed E-state index contributed by atoms with van der Waals surface area (Å²) in [5, 5.41) is 1.09. The molecule has 4 N–H and O–H groups in total. The molecule has 1 aliphatic carbocycles. The maximum absolute atomic E-state index is 12.3. The van der Waals surface area contributed by atoms with Crippen LogP contribution in [0.1, 0.15) is 34.1 Å². The Kier molecular flexibility index (Phi) is 3.17. The highest BCUT2D eigenvalue weighted by atomic mass is 16.5. The van der Waals surface area contributed by atoms with Crippen molar-refractivity contribution in [3.05, 3.63) is 35.0 Å². The first-order valence-electron chi connectivity index (χ1n) is 6.81. The quantitative estimate of drug-likeness (QED) is 0.641. The van der Waals surface area contributed by atoms with Crippen LogP contribution in [0.15, 0.2) is 23.2 Å². The highest BCUT2D eigenvalue weighted by Crippen LogP contribution is 2.40. The summed E-state index contributed by atoms with van der Waals surface area (Å²) < 4.78 is 7.41. The minimum absolute atomic E-state index is 0.0645. The van der Waals surface area contributed by atoms with E-state index in [0.29, 0.717) is 5.69 Å². The Balaban J connectivity index is 2.30. The number of nitrogens with two attached hydrogens (primary N) is 2. The first kappa shape index (κ1) is 13.6. The van der Waals surface area contributed by atoms with Crippen molar-refractivity contribution in [2.75, 3.05) is 7.11 Å². The average Bonchev–Trinajstić information content (AvgIpc) is 2.74. The first-order valence-corrected chi connectivity index (χ1v) is 6.81. The highest BCUT2D eigenvalue weighted by molar-refractivity contribution is 6.07. The third-order valence-electron chi connectivity index (χ3n) is 4.08. The molecule has 6 heteroatoms. The third-order valence-corrected chi connectivity index (χ3v) is 4.08. The second-order valence-corrected chi connectivity index (χ2v) is 5.23. The number of aliphatic imine (C=N–C) groups is 1. The molecule has 110 valence electrons. The molecule has 6 nitrogen and oxygen atoms in total. The summed E-state index contributed by atoms with van der Waals surface area (Å²) in [7, 11) is 3.57. The molecule has 21 heavy (non-hydrogen) atoms. The molecule has 0 radical (unpaired) electrons. The van der Waals surface area contributed by atoms with Gasteiger partial charge in [0, 0.05) is 25.1 Å². The lowest BCUT2D eigenvalue weighted by atomic mass is 9.89. The van der Waals surface area contributed by atoms with Crippen molar-refractivity contribution in [2.24, 2.45) is 23.5 Å². The number of carbonyl (C=O) groups excluding carboxylic acids is 1. The van der Waals surface area contributed by atoms with Gasteiger partial charge in [0.15, 0.2) is 5.96 Å². The Labute approximate surface area is 122 Å². The van der Waals surface area contributed by atoms with Crippen LogP contribution in [-0.4, -0.2) is 23.5 Å². The summed E-state index contributed by atoms with van der Waals surface area (Å²) in [5.41, 5.74) is 14.3. The minimum Gasteiger partial charge on any atom is -0.377 e. The van der Waals surface area contributed by atoms with E-state index in [4.69, 9.17) is 16.2 Å². The number of rotatable bonds is 2. The molecule has 0 spiro atoms. The molecule has 1 atom stereocenters. The van der Waals surface area contributed by atoms with Crippen LogP contribution < -0.4 is 11.5 Å². The lowest BCUT2D eigenvalue weighted by Gasteiger charge is -2.22. The number of hydrogen-bond donors (Lipinski definition) is 2. The Morgan fingerprint density at radius 2 is 2.19 bits per heavy atom. The topological polar surface area (TPSA) is 95.6 Å². The van der Waals surface area contributed by atoms with Gasteiger partial charge in [-0.05, 0) is 30.0 Å². The van der Waals surface area contributed by atoms with Gasteiger partial charge in [-0.2, -0.15) is 4.99 Å². The molecule has 0 fully saturated rings. The zero-order valence-electron chi connectivity index (χ0n) is 12.1. The zero-order chi connectivity index (χ0) is 15.1. The zero-order valence-corrected chi connectivity index (χ0v) is 12.1. The van der Waals surface area contributed by atoms with Crippen molar-refractivity contribution in [2.45, 2.75) is 18.9 Å². The Hall–Kier alpha value is -2.34. The molecule has 0 saturated carbocycles. The van der Waals surface area contributed by atoms with E-state index >= 15 is 0 Å². The fourth-order valence-corrected chi connectivity index (χ4v) is 3.24. The molecular formula is C15H18N4O2. The highest BCUT2D eigenvalue weighted by Gasteiger charge is 2.29. The van der Waals surface area contributed by atoms with Crippen molar-refractivity contribution in [3.63, 3.8) is 0 Å². The average molecular weight is 286 g/mol. The number of aryl methyl sites for hydroxylation is 2. The molecule has 1 aliphatic rings. The maximum atomic E-state index is 12.3. The van der Waals surface area contributed by atoms with Gasteiger partial charge < -0.3 is 20.8 Å². The number of benzene rings is 1. The van der Waals surface area contributed by atoms with Gasteiger partial charge in [0.05, 0.1) is 6.10 Å². The van der Waals surface area contributed by atoms with Gasteiger partial charge in [-0.25, -0.2) is 0 Å². The maximum Gasteiger partial charge on any atom is 0.297 e. The number of carbonyl (C=O) groups is 1. The fourth-order valence-electron chi connectivity index (χ4n) is 3.24. The van der Waals surface area contributed by atoms with E-state index in [9.17, 15) is 4.79 Å². The van der Waals surface area contributed by atoms with E-state index < -0.39 is 5.91 Å². The van der Waals surface area contributed by atoms with Crippen molar-refractivity contribution in [1.29, 1.82) is 0 Å². The predicted molar refractivity (Wildman–Crippen MR) is 81.1 cm³/mol. The predicted octanol–water partition coefficient (Wildman–Crippen LogP) is 1.23. The molecule has 0 aliphatic heterocycles. The summed E-state index contributed by atoms with van der Waals surface area (Å²) in [6.07, 6.45) is 1.68. The number of ether oxygens (including phenoxy) is 1. The van der Waals surface area contributed by atoms with Gasteiger partial charge in [-0.1, -0.05) is 12.1 Å². The Bertz CT molecular complexity index is 757. The molecule has 2 aromatic rings. The van der Waals surface area contributed by atoms with Gasteiger partial charge in [0.1, 0.15) is 5.69 Å². The van der Waals surface area contributed by atoms with E-state index in [2.05, 4.69) is 4.99 Å². The lowest BCUT2D eigenvalue weighted by Crippen LogP contribution is -2.25. The Morgan fingerprint density at radius 3 is 2.86 bits per heavy atom. The van der Waals surface area contributed by atoms with Crippen molar-refractivity contribution >= 4 is 22.8 Å². The van der Waals surface area contributed by atoms with E-state index in [0.717, 1.165) is 34.9 Å². The van der Waals surface area contributed by atoms with E-state index in [-0.39, 0.29) is 12.1 Å². The summed E-state index contributed by atoms with van der Waals surface area (Å²) in [6.45, 7) is 0. The SMILES string of the molecule is COC1CCc2c(C(=O)N=C(N)N)n(C)c3cccc1c23. The summed E-state index contributed by atoms with van der Waals surface area (Å²) in [4.78, 5) is 16.0. The van der Waals surface area contributed by atoms with Crippen LogP contribution in [-0.2, 0) is 18.2 Å². The number of nitrogens with zero attached hydrogens (tertiary/aromatic N) is 2. The monoisotopic (exact) mass is 286 g/mol. The van der Waals surface area contributed by atoms with Crippen LogP contribution in [0.2, 0.25) is 0 Å². The van der Waals surface area contributed by atoms with Crippen LogP contribution in [0.5, 0.6) is 0 Å². The van der Waals surface area contributed by atoms with Crippen LogP contribution in [0.3, 0.4) is 0 Å². The van der Waals surface area contributed by atoms with Crippen molar-refractivity contribution in [3.8, 4) is 0 Å². The molecule has 1 unspecified atom stereocenters. The number of aromatic nitrogens is 1. The molecule has 0 saturated heterocycles. The molecule has 0 bridgehead atoms. The smallest absolute Gasteiger partial charge is 0.297 e.